The van der Waals surface area contributed by atoms with Crippen LogP contribution in [0, 0.1) is 12.8 Å². The SMILES string of the molecule is Cc1ccccc1CNC(=O)c1ccccc1NC(=O)[C@@H]1CC(=O)N(C(C)C)C1. The summed E-state index contributed by atoms with van der Waals surface area (Å²) in [6.45, 7) is 6.69. The third-order valence-electron chi connectivity index (χ3n) is 5.28. The zero-order chi connectivity index (χ0) is 21.0. The highest BCUT2D eigenvalue weighted by Gasteiger charge is 2.35. The molecule has 3 rings (SSSR count). The second-order valence-electron chi connectivity index (χ2n) is 7.68. The van der Waals surface area contributed by atoms with Crippen LogP contribution in [0.1, 0.15) is 41.8 Å². The molecule has 3 amide bonds. The fourth-order valence-electron chi connectivity index (χ4n) is 3.51. The first-order chi connectivity index (χ1) is 13.9. The molecular weight excluding hydrogens is 366 g/mol. The van der Waals surface area contributed by atoms with Gasteiger partial charge in [-0.15, -0.1) is 0 Å². The standard InChI is InChI=1S/C23H27N3O3/c1-15(2)26-14-18(12-21(26)27)22(28)25-20-11-7-6-10-19(20)23(29)24-13-17-9-5-4-8-16(17)3/h4-11,15,18H,12-14H2,1-3H3,(H,24,29)(H,25,28)/t18-/m1/s1. The maximum absolute atomic E-state index is 12.7. The lowest BCUT2D eigenvalue weighted by Gasteiger charge is -2.20. The van der Waals surface area contributed by atoms with Crippen LogP contribution in [0.5, 0.6) is 0 Å². The molecule has 0 saturated carbocycles. The van der Waals surface area contributed by atoms with Gasteiger partial charge in [-0.25, -0.2) is 0 Å². The summed E-state index contributed by atoms with van der Waals surface area (Å²) in [6, 6.07) is 14.9. The second kappa shape index (κ2) is 8.90. The zero-order valence-electron chi connectivity index (χ0n) is 17.1. The van der Waals surface area contributed by atoms with Gasteiger partial charge in [0.25, 0.3) is 5.91 Å². The van der Waals surface area contributed by atoms with Gasteiger partial charge in [-0.1, -0.05) is 36.4 Å². The highest BCUT2D eigenvalue weighted by Crippen LogP contribution is 2.23. The highest BCUT2D eigenvalue weighted by molar-refractivity contribution is 6.05. The Kier molecular flexibility index (Phi) is 6.32. The van der Waals surface area contributed by atoms with Gasteiger partial charge in [0, 0.05) is 25.6 Å². The van der Waals surface area contributed by atoms with Gasteiger partial charge in [0.1, 0.15) is 0 Å². The predicted molar refractivity (Wildman–Crippen MR) is 112 cm³/mol. The number of nitrogens with zero attached hydrogens (tertiary/aromatic N) is 1. The second-order valence-corrected chi connectivity index (χ2v) is 7.68. The van der Waals surface area contributed by atoms with Crippen molar-refractivity contribution in [2.75, 3.05) is 11.9 Å². The minimum Gasteiger partial charge on any atom is -0.348 e. The Hall–Kier alpha value is -3.15. The van der Waals surface area contributed by atoms with E-state index in [1.54, 1.807) is 29.2 Å². The van der Waals surface area contributed by atoms with E-state index in [9.17, 15) is 14.4 Å². The van der Waals surface area contributed by atoms with E-state index in [1.165, 1.54) is 0 Å². The van der Waals surface area contributed by atoms with Crippen molar-refractivity contribution in [2.24, 2.45) is 5.92 Å². The van der Waals surface area contributed by atoms with Crippen molar-refractivity contribution in [3.05, 3.63) is 65.2 Å². The maximum atomic E-state index is 12.7. The largest absolute Gasteiger partial charge is 0.348 e. The Bertz CT molecular complexity index is 923. The molecule has 152 valence electrons. The molecule has 2 aromatic carbocycles. The fraction of sp³-hybridized carbons (Fsp3) is 0.348. The van der Waals surface area contributed by atoms with E-state index in [4.69, 9.17) is 0 Å². The van der Waals surface area contributed by atoms with Gasteiger partial charge in [-0.2, -0.15) is 0 Å². The zero-order valence-corrected chi connectivity index (χ0v) is 17.1. The quantitative estimate of drug-likeness (QED) is 0.791. The number of para-hydroxylation sites is 1. The lowest BCUT2D eigenvalue weighted by molar-refractivity contribution is -0.129. The molecule has 1 aliphatic rings. The molecule has 1 saturated heterocycles. The third kappa shape index (κ3) is 4.83. The van der Waals surface area contributed by atoms with E-state index < -0.39 is 5.92 Å². The first-order valence-electron chi connectivity index (χ1n) is 9.89. The van der Waals surface area contributed by atoms with Gasteiger partial charge in [0.05, 0.1) is 17.2 Å². The Balaban J connectivity index is 1.67. The number of carbonyl (C=O) groups is 3. The first kappa shape index (κ1) is 20.6. The minimum atomic E-state index is -0.409. The smallest absolute Gasteiger partial charge is 0.253 e. The van der Waals surface area contributed by atoms with E-state index in [-0.39, 0.29) is 30.2 Å². The molecule has 1 fully saturated rings. The topological polar surface area (TPSA) is 78.5 Å². The molecule has 0 spiro atoms. The van der Waals surface area contributed by atoms with Crippen molar-refractivity contribution in [1.82, 2.24) is 10.2 Å². The number of anilines is 1. The molecule has 2 aromatic rings. The van der Waals surface area contributed by atoms with Crippen LogP contribution in [0.25, 0.3) is 0 Å². The van der Waals surface area contributed by atoms with Gasteiger partial charge in [-0.3, -0.25) is 14.4 Å². The lowest BCUT2D eigenvalue weighted by atomic mass is 10.1. The maximum Gasteiger partial charge on any atom is 0.253 e. The molecule has 1 aliphatic heterocycles. The van der Waals surface area contributed by atoms with Gasteiger partial charge < -0.3 is 15.5 Å². The Morgan fingerprint density at radius 2 is 1.79 bits per heavy atom. The molecule has 0 unspecified atom stereocenters. The molecule has 2 N–H and O–H groups in total. The molecule has 0 bridgehead atoms. The number of amides is 3. The molecule has 0 aromatic heterocycles. The first-order valence-corrected chi connectivity index (χ1v) is 9.89. The van der Waals surface area contributed by atoms with Crippen LogP contribution in [-0.4, -0.2) is 35.2 Å². The van der Waals surface area contributed by atoms with Crippen molar-refractivity contribution in [1.29, 1.82) is 0 Å². The summed E-state index contributed by atoms with van der Waals surface area (Å²) < 4.78 is 0. The van der Waals surface area contributed by atoms with Crippen LogP contribution in [0.2, 0.25) is 0 Å². The third-order valence-corrected chi connectivity index (χ3v) is 5.28. The Morgan fingerprint density at radius 3 is 2.48 bits per heavy atom. The van der Waals surface area contributed by atoms with E-state index in [1.807, 2.05) is 45.0 Å². The summed E-state index contributed by atoms with van der Waals surface area (Å²) in [5.41, 5.74) is 3.00. The monoisotopic (exact) mass is 393 g/mol. The Morgan fingerprint density at radius 1 is 1.10 bits per heavy atom. The van der Waals surface area contributed by atoms with Crippen molar-refractivity contribution >= 4 is 23.4 Å². The number of carbonyl (C=O) groups excluding carboxylic acids is 3. The molecule has 1 heterocycles. The predicted octanol–water partition coefficient (Wildman–Crippen LogP) is 3.12. The number of hydrogen-bond acceptors (Lipinski definition) is 3. The average molecular weight is 393 g/mol. The van der Waals surface area contributed by atoms with Crippen LogP contribution in [-0.2, 0) is 16.1 Å². The summed E-state index contributed by atoms with van der Waals surface area (Å²) in [6.07, 6.45) is 0.200. The van der Waals surface area contributed by atoms with Gasteiger partial charge in [0.15, 0.2) is 0 Å². The van der Waals surface area contributed by atoms with E-state index in [0.29, 0.717) is 24.3 Å². The van der Waals surface area contributed by atoms with Crippen LogP contribution < -0.4 is 10.6 Å². The lowest BCUT2D eigenvalue weighted by Crippen LogP contribution is -2.33. The number of benzene rings is 2. The highest BCUT2D eigenvalue weighted by atomic mass is 16.2. The molecule has 6 heteroatoms. The number of hydrogen-bond donors (Lipinski definition) is 2. The molecule has 29 heavy (non-hydrogen) atoms. The number of rotatable bonds is 6. The number of aryl methyl sites for hydroxylation is 1. The van der Waals surface area contributed by atoms with Crippen molar-refractivity contribution in [3.8, 4) is 0 Å². The normalized spacial score (nSPS) is 16.2. The van der Waals surface area contributed by atoms with E-state index in [2.05, 4.69) is 10.6 Å². The van der Waals surface area contributed by atoms with Crippen molar-refractivity contribution < 1.29 is 14.4 Å². The summed E-state index contributed by atoms with van der Waals surface area (Å²) >= 11 is 0. The summed E-state index contributed by atoms with van der Waals surface area (Å²) in [7, 11) is 0. The van der Waals surface area contributed by atoms with Crippen LogP contribution in [0.4, 0.5) is 5.69 Å². The fourth-order valence-corrected chi connectivity index (χ4v) is 3.51. The minimum absolute atomic E-state index is 0.00981. The van der Waals surface area contributed by atoms with E-state index >= 15 is 0 Å². The number of likely N-dealkylation sites (tertiary alicyclic amines) is 1. The average Bonchev–Trinajstić information content (AvgIpc) is 3.10. The van der Waals surface area contributed by atoms with Gasteiger partial charge >= 0.3 is 0 Å². The summed E-state index contributed by atoms with van der Waals surface area (Å²) in [5.74, 6) is -0.909. The summed E-state index contributed by atoms with van der Waals surface area (Å²) in [4.78, 5) is 39.2. The number of nitrogens with one attached hydrogen (secondary N) is 2. The van der Waals surface area contributed by atoms with Crippen molar-refractivity contribution in [3.63, 3.8) is 0 Å². The van der Waals surface area contributed by atoms with Gasteiger partial charge in [-0.05, 0) is 44.0 Å². The molecular formula is C23H27N3O3. The molecule has 1 atom stereocenters. The van der Waals surface area contributed by atoms with Crippen LogP contribution >= 0.6 is 0 Å². The van der Waals surface area contributed by atoms with Crippen LogP contribution in [0.3, 0.4) is 0 Å². The molecule has 0 radical (unpaired) electrons. The summed E-state index contributed by atoms with van der Waals surface area (Å²) in [5, 5.41) is 5.76. The molecule has 0 aliphatic carbocycles. The van der Waals surface area contributed by atoms with Gasteiger partial charge in [0.2, 0.25) is 11.8 Å². The van der Waals surface area contributed by atoms with E-state index in [0.717, 1.165) is 11.1 Å². The molecule has 6 nitrogen and oxygen atoms in total. The van der Waals surface area contributed by atoms with Crippen molar-refractivity contribution in [2.45, 2.75) is 39.8 Å². The Labute approximate surface area is 171 Å². The van der Waals surface area contributed by atoms with Crippen LogP contribution in [0.15, 0.2) is 48.5 Å².